The SMILES string of the molecule is Cc1ccc(CN2C(=O)CC[C@@H]2C(=O)O[C@H](C)c2ccccn2)cc1. The number of carbonyl (C=O) groups excluding carboxylic acids is 2. The number of esters is 1. The summed E-state index contributed by atoms with van der Waals surface area (Å²) in [4.78, 5) is 30.6. The highest BCUT2D eigenvalue weighted by molar-refractivity contribution is 5.88. The van der Waals surface area contributed by atoms with Crippen molar-refractivity contribution in [3.8, 4) is 0 Å². The number of benzene rings is 1. The fourth-order valence-corrected chi connectivity index (χ4v) is 3.00. The molecule has 1 amide bonds. The van der Waals surface area contributed by atoms with E-state index in [1.165, 1.54) is 0 Å². The molecule has 5 heteroatoms. The average molecular weight is 338 g/mol. The van der Waals surface area contributed by atoms with Gasteiger partial charge < -0.3 is 9.64 Å². The Kier molecular flexibility index (Phi) is 5.12. The van der Waals surface area contributed by atoms with Crippen LogP contribution < -0.4 is 0 Å². The summed E-state index contributed by atoms with van der Waals surface area (Å²) >= 11 is 0. The van der Waals surface area contributed by atoms with Crippen LogP contribution in [-0.2, 0) is 20.9 Å². The van der Waals surface area contributed by atoms with Gasteiger partial charge in [-0.3, -0.25) is 9.78 Å². The topological polar surface area (TPSA) is 59.5 Å². The average Bonchev–Trinajstić information content (AvgIpc) is 2.98. The van der Waals surface area contributed by atoms with Crippen LogP contribution in [0.1, 0.15) is 42.7 Å². The number of hydrogen-bond acceptors (Lipinski definition) is 4. The molecule has 0 saturated carbocycles. The summed E-state index contributed by atoms with van der Waals surface area (Å²) in [5.41, 5.74) is 2.87. The summed E-state index contributed by atoms with van der Waals surface area (Å²) in [6.45, 7) is 4.24. The fourth-order valence-electron chi connectivity index (χ4n) is 3.00. The zero-order valence-electron chi connectivity index (χ0n) is 14.5. The van der Waals surface area contributed by atoms with Crippen LogP contribution in [0.2, 0.25) is 0 Å². The smallest absolute Gasteiger partial charge is 0.329 e. The van der Waals surface area contributed by atoms with E-state index in [4.69, 9.17) is 4.74 Å². The normalized spacial score (nSPS) is 18.2. The zero-order valence-corrected chi connectivity index (χ0v) is 14.5. The van der Waals surface area contributed by atoms with Crippen LogP contribution in [0.5, 0.6) is 0 Å². The predicted molar refractivity (Wildman–Crippen MR) is 93.5 cm³/mol. The van der Waals surface area contributed by atoms with Gasteiger partial charge in [0.25, 0.3) is 0 Å². The summed E-state index contributed by atoms with van der Waals surface area (Å²) in [5.74, 6) is -0.371. The molecule has 0 unspecified atom stereocenters. The minimum absolute atomic E-state index is 0.00647. The molecular weight excluding hydrogens is 316 g/mol. The van der Waals surface area contributed by atoms with Crippen molar-refractivity contribution in [3.05, 3.63) is 65.5 Å². The van der Waals surface area contributed by atoms with Crippen molar-refractivity contribution in [2.45, 2.75) is 45.4 Å². The molecule has 1 aromatic heterocycles. The van der Waals surface area contributed by atoms with Crippen molar-refractivity contribution in [3.63, 3.8) is 0 Å². The van der Waals surface area contributed by atoms with E-state index in [1.807, 2.05) is 49.4 Å². The van der Waals surface area contributed by atoms with E-state index in [0.717, 1.165) is 11.1 Å². The van der Waals surface area contributed by atoms with Crippen molar-refractivity contribution in [2.24, 2.45) is 0 Å². The van der Waals surface area contributed by atoms with Crippen molar-refractivity contribution in [2.75, 3.05) is 0 Å². The Hall–Kier alpha value is -2.69. The van der Waals surface area contributed by atoms with E-state index < -0.39 is 12.1 Å². The molecule has 0 radical (unpaired) electrons. The number of pyridine rings is 1. The maximum absolute atomic E-state index is 12.6. The van der Waals surface area contributed by atoms with Crippen molar-refractivity contribution < 1.29 is 14.3 Å². The quantitative estimate of drug-likeness (QED) is 0.786. The third kappa shape index (κ3) is 4.05. The van der Waals surface area contributed by atoms with Crippen molar-refractivity contribution in [1.29, 1.82) is 0 Å². The number of amides is 1. The number of nitrogens with zero attached hydrogens (tertiary/aromatic N) is 2. The standard InChI is InChI=1S/C20H22N2O3/c1-14-6-8-16(9-7-14)13-22-18(10-11-19(22)23)20(24)25-15(2)17-5-3-4-12-21-17/h3-9,12,15,18H,10-11,13H2,1-2H3/t15-,18-/m1/s1. The number of carbonyl (C=O) groups is 2. The third-order valence-electron chi connectivity index (χ3n) is 4.47. The summed E-state index contributed by atoms with van der Waals surface area (Å²) in [7, 11) is 0. The molecule has 2 atom stereocenters. The lowest BCUT2D eigenvalue weighted by atomic mass is 10.1. The molecule has 3 rings (SSSR count). The second-order valence-corrected chi connectivity index (χ2v) is 6.40. The van der Waals surface area contributed by atoms with E-state index in [-0.39, 0.29) is 11.9 Å². The molecular formula is C20H22N2O3. The Bertz CT molecular complexity index is 743. The van der Waals surface area contributed by atoms with Gasteiger partial charge in [-0.2, -0.15) is 0 Å². The molecule has 1 fully saturated rings. The van der Waals surface area contributed by atoms with Gasteiger partial charge in [0, 0.05) is 19.2 Å². The third-order valence-corrected chi connectivity index (χ3v) is 4.47. The number of rotatable bonds is 5. The Labute approximate surface area is 147 Å². The Balaban J connectivity index is 1.68. The minimum Gasteiger partial charge on any atom is -0.455 e. The Morgan fingerprint density at radius 1 is 1.28 bits per heavy atom. The van der Waals surface area contributed by atoms with Crippen LogP contribution in [0.4, 0.5) is 0 Å². The number of likely N-dealkylation sites (tertiary alicyclic amines) is 1. The van der Waals surface area contributed by atoms with Gasteiger partial charge in [-0.15, -0.1) is 0 Å². The first-order chi connectivity index (χ1) is 12.0. The molecule has 0 aliphatic carbocycles. The second kappa shape index (κ2) is 7.47. The van der Waals surface area contributed by atoms with Gasteiger partial charge in [0.15, 0.2) is 0 Å². The zero-order chi connectivity index (χ0) is 17.8. The molecule has 130 valence electrons. The van der Waals surface area contributed by atoms with Gasteiger partial charge in [-0.05, 0) is 38.0 Å². The van der Waals surface area contributed by atoms with E-state index in [9.17, 15) is 9.59 Å². The first kappa shape index (κ1) is 17.1. The maximum atomic E-state index is 12.6. The van der Waals surface area contributed by atoms with Crippen molar-refractivity contribution >= 4 is 11.9 Å². The van der Waals surface area contributed by atoms with Crippen LogP contribution in [0.3, 0.4) is 0 Å². The lowest BCUT2D eigenvalue weighted by Crippen LogP contribution is -2.39. The summed E-state index contributed by atoms with van der Waals surface area (Å²) in [5, 5.41) is 0. The first-order valence-corrected chi connectivity index (χ1v) is 8.51. The summed E-state index contributed by atoms with van der Waals surface area (Å²) in [6, 6.07) is 13.0. The highest BCUT2D eigenvalue weighted by Gasteiger charge is 2.37. The Morgan fingerprint density at radius 3 is 2.72 bits per heavy atom. The molecule has 0 spiro atoms. The first-order valence-electron chi connectivity index (χ1n) is 8.51. The molecule has 2 heterocycles. The van der Waals surface area contributed by atoms with Gasteiger partial charge in [-0.25, -0.2) is 4.79 Å². The molecule has 1 aromatic carbocycles. The summed E-state index contributed by atoms with van der Waals surface area (Å²) in [6.07, 6.45) is 2.11. The number of aromatic nitrogens is 1. The van der Waals surface area contributed by atoms with Crippen LogP contribution >= 0.6 is 0 Å². The van der Waals surface area contributed by atoms with Gasteiger partial charge in [0.2, 0.25) is 5.91 Å². The molecule has 0 bridgehead atoms. The van der Waals surface area contributed by atoms with E-state index in [0.29, 0.717) is 25.1 Å². The molecule has 1 aliphatic heterocycles. The van der Waals surface area contributed by atoms with Gasteiger partial charge in [0.1, 0.15) is 12.1 Å². The number of ether oxygens (including phenoxy) is 1. The van der Waals surface area contributed by atoms with Crippen LogP contribution in [0.25, 0.3) is 0 Å². The second-order valence-electron chi connectivity index (χ2n) is 6.40. The minimum atomic E-state index is -0.528. The van der Waals surface area contributed by atoms with E-state index in [2.05, 4.69) is 4.98 Å². The molecule has 1 aliphatic rings. The van der Waals surface area contributed by atoms with E-state index >= 15 is 0 Å². The molecule has 1 saturated heterocycles. The van der Waals surface area contributed by atoms with Gasteiger partial charge in [0.05, 0.1) is 5.69 Å². The van der Waals surface area contributed by atoms with Crippen LogP contribution in [0, 0.1) is 6.92 Å². The number of hydrogen-bond donors (Lipinski definition) is 0. The molecule has 2 aromatic rings. The monoisotopic (exact) mass is 338 g/mol. The Morgan fingerprint density at radius 2 is 2.04 bits per heavy atom. The highest BCUT2D eigenvalue weighted by Crippen LogP contribution is 2.25. The van der Waals surface area contributed by atoms with Gasteiger partial charge in [-0.1, -0.05) is 35.9 Å². The lowest BCUT2D eigenvalue weighted by molar-refractivity contribution is -0.156. The lowest BCUT2D eigenvalue weighted by Gasteiger charge is -2.25. The molecule has 0 N–H and O–H groups in total. The van der Waals surface area contributed by atoms with Crippen molar-refractivity contribution in [1.82, 2.24) is 9.88 Å². The van der Waals surface area contributed by atoms with E-state index in [1.54, 1.807) is 18.0 Å². The molecule has 5 nitrogen and oxygen atoms in total. The van der Waals surface area contributed by atoms with Crippen LogP contribution in [-0.4, -0.2) is 27.8 Å². The van der Waals surface area contributed by atoms with Gasteiger partial charge >= 0.3 is 5.97 Å². The molecule has 25 heavy (non-hydrogen) atoms. The largest absolute Gasteiger partial charge is 0.455 e. The van der Waals surface area contributed by atoms with Crippen LogP contribution in [0.15, 0.2) is 48.7 Å². The fraction of sp³-hybridized carbons (Fsp3) is 0.350. The summed E-state index contributed by atoms with van der Waals surface area (Å²) < 4.78 is 5.56. The highest BCUT2D eigenvalue weighted by atomic mass is 16.5. The predicted octanol–water partition coefficient (Wildman–Crippen LogP) is 3.19. The number of aryl methyl sites for hydroxylation is 1. The maximum Gasteiger partial charge on any atom is 0.329 e.